The number of aromatic nitrogens is 2. The van der Waals surface area contributed by atoms with Crippen LogP contribution in [0.3, 0.4) is 0 Å². The molecule has 0 aliphatic carbocycles. The normalized spacial score (nSPS) is 11.0. The number of benzene rings is 2. The zero-order valence-corrected chi connectivity index (χ0v) is 11.5. The number of fused-ring (bicyclic) bond motifs is 1. The Balaban J connectivity index is 2.16. The molecular weight excluding hydrogens is 290 g/mol. The lowest BCUT2D eigenvalue weighted by atomic mass is 10.2. The predicted molar refractivity (Wildman–Crippen MR) is 78.4 cm³/mol. The van der Waals surface area contributed by atoms with E-state index in [9.17, 15) is 0 Å². The lowest BCUT2D eigenvalue weighted by molar-refractivity contribution is 1.34. The van der Waals surface area contributed by atoms with Gasteiger partial charge in [0.15, 0.2) is 0 Å². The van der Waals surface area contributed by atoms with Crippen LogP contribution >= 0.6 is 15.9 Å². The first-order chi connectivity index (χ1) is 8.63. The fourth-order valence-electron chi connectivity index (χ4n) is 1.92. The second-order valence-corrected chi connectivity index (χ2v) is 5.18. The number of imidazole rings is 1. The van der Waals surface area contributed by atoms with Crippen LogP contribution in [0.5, 0.6) is 0 Å². The van der Waals surface area contributed by atoms with Crippen molar-refractivity contribution in [3.63, 3.8) is 0 Å². The van der Waals surface area contributed by atoms with Gasteiger partial charge in [0.25, 0.3) is 0 Å². The van der Waals surface area contributed by atoms with E-state index >= 15 is 0 Å². The highest BCUT2D eigenvalue weighted by Crippen LogP contribution is 2.26. The maximum Gasteiger partial charge on any atom is 0.138 e. The number of nitrogens with zero attached hydrogens (tertiary/aromatic N) is 1. The summed E-state index contributed by atoms with van der Waals surface area (Å²) in [5, 5.41) is 0. The SMILES string of the molecule is Cc1cc2[nH]c(-c3ccc(N)cc3)nc2cc1Br. The second-order valence-electron chi connectivity index (χ2n) is 4.33. The van der Waals surface area contributed by atoms with Gasteiger partial charge in [-0.15, -0.1) is 0 Å². The Hall–Kier alpha value is -1.81. The van der Waals surface area contributed by atoms with Crippen molar-refractivity contribution in [2.24, 2.45) is 0 Å². The first-order valence-corrected chi connectivity index (χ1v) is 6.44. The Morgan fingerprint density at radius 1 is 1.17 bits per heavy atom. The molecule has 0 unspecified atom stereocenters. The molecule has 3 nitrogen and oxygen atoms in total. The van der Waals surface area contributed by atoms with E-state index in [1.807, 2.05) is 30.3 Å². The van der Waals surface area contributed by atoms with Crippen molar-refractivity contribution in [3.8, 4) is 11.4 Å². The molecule has 18 heavy (non-hydrogen) atoms. The molecule has 1 heterocycles. The van der Waals surface area contributed by atoms with Gasteiger partial charge in [0.2, 0.25) is 0 Å². The van der Waals surface area contributed by atoms with Gasteiger partial charge in [-0.25, -0.2) is 4.98 Å². The molecule has 0 fully saturated rings. The molecule has 1 aromatic heterocycles. The first kappa shape index (κ1) is 11.3. The monoisotopic (exact) mass is 301 g/mol. The molecule has 90 valence electrons. The number of halogens is 1. The second kappa shape index (κ2) is 4.14. The summed E-state index contributed by atoms with van der Waals surface area (Å²) in [5.74, 6) is 0.863. The average Bonchev–Trinajstić information content (AvgIpc) is 2.73. The molecular formula is C14H12BrN3. The number of aromatic amines is 1. The molecule has 0 amide bonds. The zero-order chi connectivity index (χ0) is 12.7. The van der Waals surface area contributed by atoms with E-state index in [1.54, 1.807) is 0 Å². The first-order valence-electron chi connectivity index (χ1n) is 5.65. The van der Waals surface area contributed by atoms with Crippen LogP contribution < -0.4 is 5.73 Å². The summed E-state index contributed by atoms with van der Waals surface area (Å²) in [6.07, 6.45) is 0. The van der Waals surface area contributed by atoms with Crippen LogP contribution in [0.15, 0.2) is 40.9 Å². The molecule has 3 rings (SSSR count). The lowest BCUT2D eigenvalue weighted by Crippen LogP contribution is -1.84. The fourth-order valence-corrected chi connectivity index (χ4v) is 2.25. The molecule has 3 N–H and O–H groups in total. The van der Waals surface area contributed by atoms with Gasteiger partial charge in [0.05, 0.1) is 11.0 Å². The third-order valence-electron chi connectivity index (χ3n) is 2.95. The minimum absolute atomic E-state index is 0.758. The molecule has 0 spiro atoms. The van der Waals surface area contributed by atoms with Crippen LogP contribution in [0, 0.1) is 6.92 Å². The smallest absolute Gasteiger partial charge is 0.138 e. The number of hydrogen-bond acceptors (Lipinski definition) is 2. The van der Waals surface area contributed by atoms with E-state index < -0.39 is 0 Å². The Morgan fingerprint density at radius 2 is 1.89 bits per heavy atom. The van der Waals surface area contributed by atoms with Crippen molar-refractivity contribution in [3.05, 3.63) is 46.4 Å². The summed E-state index contributed by atoms with van der Waals surface area (Å²) in [5.41, 5.74) is 10.7. The van der Waals surface area contributed by atoms with E-state index in [2.05, 4.69) is 38.9 Å². The van der Waals surface area contributed by atoms with E-state index in [1.165, 1.54) is 5.56 Å². The molecule has 0 saturated carbocycles. The minimum Gasteiger partial charge on any atom is -0.399 e. The van der Waals surface area contributed by atoms with Crippen LogP contribution in [0.25, 0.3) is 22.4 Å². The van der Waals surface area contributed by atoms with Gasteiger partial charge in [-0.05, 0) is 48.9 Å². The largest absolute Gasteiger partial charge is 0.399 e. The van der Waals surface area contributed by atoms with Gasteiger partial charge in [0, 0.05) is 15.7 Å². The van der Waals surface area contributed by atoms with Crippen LogP contribution in [-0.2, 0) is 0 Å². The summed E-state index contributed by atoms with van der Waals surface area (Å²) >= 11 is 3.52. The van der Waals surface area contributed by atoms with E-state index in [0.717, 1.165) is 32.6 Å². The van der Waals surface area contributed by atoms with Gasteiger partial charge in [-0.3, -0.25) is 0 Å². The Labute approximate surface area is 113 Å². The molecule has 0 saturated heterocycles. The third-order valence-corrected chi connectivity index (χ3v) is 3.80. The number of aryl methyl sites for hydroxylation is 1. The number of nitrogen functional groups attached to an aromatic ring is 1. The topological polar surface area (TPSA) is 54.7 Å². The minimum atomic E-state index is 0.758. The Morgan fingerprint density at radius 3 is 2.61 bits per heavy atom. The molecule has 2 aromatic carbocycles. The number of rotatable bonds is 1. The van der Waals surface area contributed by atoms with Crippen molar-refractivity contribution in [1.29, 1.82) is 0 Å². The van der Waals surface area contributed by atoms with Gasteiger partial charge in [-0.1, -0.05) is 15.9 Å². The molecule has 0 radical (unpaired) electrons. The van der Waals surface area contributed by atoms with Crippen molar-refractivity contribution >= 4 is 32.7 Å². The third kappa shape index (κ3) is 1.88. The highest BCUT2D eigenvalue weighted by Gasteiger charge is 2.07. The van der Waals surface area contributed by atoms with Gasteiger partial charge in [-0.2, -0.15) is 0 Å². The average molecular weight is 302 g/mol. The van der Waals surface area contributed by atoms with Crippen LogP contribution in [0.2, 0.25) is 0 Å². The van der Waals surface area contributed by atoms with E-state index in [0.29, 0.717) is 0 Å². The van der Waals surface area contributed by atoms with Crippen molar-refractivity contribution in [2.75, 3.05) is 5.73 Å². The summed E-state index contributed by atoms with van der Waals surface area (Å²) in [4.78, 5) is 7.91. The number of nitrogens with two attached hydrogens (primary N) is 1. The van der Waals surface area contributed by atoms with Gasteiger partial charge >= 0.3 is 0 Å². The summed E-state index contributed by atoms with van der Waals surface area (Å²) in [6, 6.07) is 11.8. The quantitative estimate of drug-likeness (QED) is 0.670. The highest BCUT2D eigenvalue weighted by molar-refractivity contribution is 9.10. The number of hydrogen-bond donors (Lipinski definition) is 2. The van der Waals surface area contributed by atoms with Crippen molar-refractivity contribution in [1.82, 2.24) is 9.97 Å². The number of anilines is 1. The number of nitrogens with one attached hydrogen (secondary N) is 1. The van der Waals surface area contributed by atoms with E-state index in [4.69, 9.17) is 5.73 Å². The molecule has 0 atom stereocenters. The standard InChI is InChI=1S/C14H12BrN3/c1-8-6-12-13(7-11(8)15)18-14(17-12)9-2-4-10(16)5-3-9/h2-7H,16H2,1H3,(H,17,18). The predicted octanol–water partition coefficient (Wildman–Crippen LogP) is 3.88. The highest BCUT2D eigenvalue weighted by atomic mass is 79.9. The van der Waals surface area contributed by atoms with Gasteiger partial charge < -0.3 is 10.7 Å². The van der Waals surface area contributed by atoms with E-state index in [-0.39, 0.29) is 0 Å². The Kier molecular flexibility index (Phi) is 2.59. The molecule has 4 heteroatoms. The summed E-state index contributed by atoms with van der Waals surface area (Å²) in [7, 11) is 0. The Bertz CT molecular complexity index is 675. The summed E-state index contributed by atoms with van der Waals surface area (Å²) < 4.78 is 1.07. The van der Waals surface area contributed by atoms with Crippen molar-refractivity contribution < 1.29 is 0 Å². The van der Waals surface area contributed by atoms with Crippen LogP contribution in [0.1, 0.15) is 5.56 Å². The zero-order valence-electron chi connectivity index (χ0n) is 9.87. The van der Waals surface area contributed by atoms with Crippen LogP contribution in [-0.4, -0.2) is 9.97 Å². The van der Waals surface area contributed by atoms with Gasteiger partial charge in [0.1, 0.15) is 5.82 Å². The molecule has 0 aliphatic rings. The lowest BCUT2D eigenvalue weighted by Gasteiger charge is -1.96. The maximum atomic E-state index is 5.68. The molecule has 0 aliphatic heterocycles. The fraction of sp³-hybridized carbons (Fsp3) is 0.0714. The van der Waals surface area contributed by atoms with Crippen molar-refractivity contribution in [2.45, 2.75) is 6.92 Å². The summed E-state index contributed by atoms with van der Waals surface area (Å²) in [6.45, 7) is 2.06. The molecule has 3 aromatic rings. The van der Waals surface area contributed by atoms with Crippen LogP contribution in [0.4, 0.5) is 5.69 Å². The maximum absolute atomic E-state index is 5.68. The number of H-pyrrole nitrogens is 1. The molecule has 0 bridgehead atoms.